The van der Waals surface area contributed by atoms with Crippen molar-refractivity contribution in [2.75, 3.05) is 18.0 Å². The molecule has 3 rings (SSSR count). The van der Waals surface area contributed by atoms with Gasteiger partial charge in [-0.15, -0.1) is 11.8 Å². The standard InChI is InChI=1S/C17H19N3O2S/c1-13-10-16(19-8-2-3-9-19)11-14(18-13)12-23-17-6-4-15(5-7-17)20(21)22/h4-7,10-11H,2-3,8-9,12H2,1H3. The molecule has 1 aromatic heterocycles. The molecule has 1 aliphatic rings. The number of nitro benzene ring substituents is 1. The molecule has 0 radical (unpaired) electrons. The first-order valence-electron chi connectivity index (χ1n) is 7.71. The normalized spacial score (nSPS) is 14.2. The average Bonchev–Trinajstić information content (AvgIpc) is 3.07. The Morgan fingerprint density at radius 3 is 2.57 bits per heavy atom. The van der Waals surface area contributed by atoms with E-state index >= 15 is 0 Å². The van der Waals surface area contributed by atoms with Crippen molar-refractivity contribution in [1.29, 1.82) is 0 Å². The number of benzene rings is 1. The van der Waals surface area contributed by atoms with Crippen LogP contribution in [0, 0.1) is 17.0 Å². The minimum atomic E-state index is -0.376. The fraction of sp³-hybridized carbons (Fsp3) is 0.353. The summed E-state index contributed by atoms with van der Waals surface area (Å²) in [5.41, 5.74) is 3.47. The Hall–Kier alpha value is -2.08. The predicted molar refractivity (Wildman–Crippen MR) is 93.1 cm³/mol. The molecule has 1 aliphatic heterocycles. The number of anilines is 1. The average molecular weight is 329 g/mol. The molecule has 0 unspecified atom stereocenters. The Balaban J connectivity index is 1.68. The van der Waals surface area contributed by atoms with Crippen molar-refractivity contribution in [1.82, 2.24) is 4.98 Å². The molecule has 5 nitrogen and oxygen atoms in total. The topological polar surface area (TPSA) is 59.3 Å². The Morgan fingerprint density at radius 2 is 1.91 bits per heavy atom. The Labute approximate surface area is 139 Å². The lowest BCUT2D eigenvalue weighted by atomic mass is 10.2. The van der Waals surface area contributed by atoms with Crippen LogP contribution in [0.1, 0.15) is 24.2 Å². The highest BCUT2D eigenvalue weighted by atomic mass is 32.2. The van der Waals surface area contributed by atoms with Gasteiger partial charge in [0.25, 0.3) is 5.69 Å². The van der Waals surface area contributed by atoms with Crippen molar-refractivity contribution < 1.29 is 4.92 Å². The lowest BCUT2D eigenvalue weighted by molar-refractivity contribution is -0.384. The lowest BCUT2D eigenvalue weighted by Crippen LogP contribution is -2.18. The number of aromatic nitrogens is 1. The fourth-order valence-electron chi connectivity index (χ4n) is 2.77. The van der Waals surface area contributed by atoms with Crippen LogP contribution in [0.5, 0.6) is 0 Å². The number of thioether (sulfide) groups is 1. The minimum Gasteiger partial charge on any atom is -0.371 e. The highest BCUT2D eigenvalue weighted by Crippen LogP contribution is 2.27. The zero-order chi connectivity index (χ0) is 16.2. The smallest absolute Gasteiger partial charge is 0.269 e. The molecule has 1 fully saturated rings. The zero-order valence-corrected chi connectivity index (χ0v) is 13.9. The summed E-state index contributed by atoms with van der Waals surface area (Å²) in [6, 6.07) is 11.0. The van der Waals surface area contributed by atoms with Gasteiger partial charge >= 0.3 is 0 Å². The third-order valence-electron chi connectivity index (χ3n) is 3.90. The summed E-state index contributed by atoms with van der Waals surface area (Å²) in [5, 5.41) is 10.7. The molecule has 0 aliphatic carbocycles. The molecule has 23 heavy (non-hydrogen) atoms. The maximum absolute atomic E-state index is 10.7. The number of hydrogen-bond donors (Lipinski definition) is 0. The number of non-ortho nitro benzene ring substituents is 1. The molecule has 0 N–H and O–H groups in total. The molecular weight excluding hydrogens is 310 g/mol. The van der Waals surface area contributed by atoms with Crippen molar-refractivity contribution in [2.45, 2.75) is 30.4 Å². The van der Waals surface area contributed by atoms with Crippen LogP contribution in [-0.4, -0.2) is 23.0 Å². The largest absolute Gasteiger partial charge is 0.371 e. The highest BCUT2D eigenvalue weighted by molar-refractivity contribution is 7.98. The quantitative estimate of drug-likeness (QED) is 0.467. The van der Waals surface area contributed by atoms with Gasteiger partial charge in [-0.1, -0.05) is 0 Å². The van der Waals surface area contributed by atoms with Crippen LogP contribution in [0.4, 0.5) is 11.4 Å². The summed E-state index contributed by atoms with van der Waals surface area (Å²) in [6.45, 7) is 4.27. The molecule has 0 saturated carbocycles. The third kappa shape index (κ3) is 4.01. The lowest BCUT2D eigenvalue weighted by Gasteiger charge is -2.18. The van der Waals surface area contributed by atoms with Crippen molar-refractivity contribution in [3.8, 4) is 0 Å². The van der Waals surface area contributed by atoms with Crippen LogP contribution in [-0.2, 0) is 5.75 Å². The van der Waals surface area contributed by atoms with Crippen molar-refractivity contribution in [3.63, 3.8) is 0 Å². The molecule has 1 aromatic carbocycles. The van der Waals surface area contributed by atoms with E-state index in [2.05, 4.69) is 22.0 Å². The van der Waals surface area contributed by atoms with Gasteiger partial charge in [0.1, 0.15) is 0 Å². The van der Waals surface area contributed by atoms with E-state index in [4.69, 9.17) is 0 Å². The predicted octanol–water partition coefficient (Wildman–Crippen LogP) is 4.19. The second-order valence-electron chi connectivity index (χ2n) is 5.69. The first-order valence-corrected chi connectivity index (χ1v) is 8.70. The first-order chi connectivity index (χ1) is 11.1. The Kier molecular flexibility index (Phi) is 4.81. The highest BCUT2D eigenvalue weighted by Gasteiger charge is 2.14. The summed E-state index contributed by atoms with van der Waals surface area (Å²) >= 11 is 1.65. The number of nitro groups is 1. The van der Waals surface area contributed by atoms with E-state index in [-0.39, 0.29) is 10.6 Å². The molecule has 0 atom stereocenters. The second kappa shape index (κ2) is 7.00. The van der Waals surface area contributed by atoms with Gasteiger partial charge in [0, 0.05) is 47.3 Å². The maximum atomic E-state index is 10.7. The van der Waals surface area contributed by atoms with Gasteiger partial charge in [0.2, 0.25) is 0 Å². The summed E-state index contributed by atoms with van der Waals surface area (Å²) in [7, 11) is 0. The number of pyridine rings is 1. The molecule has 6 heteroatoms. The Bertz CT molecular complexity index is 697. The van der Waals surface area contributed by atoms with E-state index < -0.39 is 0 Å². The van der Waals surface area contributed by atoms with Gasteiger partial charge in [-0.2, -0.15) is 0 Å². The molecule has 2 aromatic rings. The number of nitrogens with zero attached hydrogens (tertiary/aromatic N) is 3. The van der Waals surface area contributed by atoms with Gasteiger partial charge in [-0.25, -0.2) is 0 Å². The summed E-state index contributed by atoms with van der Waals surface area (Å²) in [4.78, 5) is 18.3. The third-order valence-corrected chi connectivity index (χ3v) is 4.94. The molecule has 0 amide bonds. The molecule has 120 valence electrons. The van der Waals surface area contributed by atoms with Crippen LogP contribution in [0.15, 0.2) is 41.3 Å². The van der Waals surface area contributed by atoms with E-state index in [9.17, 15) is 10.1 Å². The summed E-state index contributed by atoms with van der Waals surface area (Å²) < 4.78 is 0. The molecule has 0 bridgehead atoms. The Morgan fingerprint density at radius 1 is 1.22 bits per heavy atom. The van der Waals surface area contributed by atoms with E-state index in [1.165, 1.54) is 18.5 Å². The fourth-order valence-corrected chi connectivity index (χ4v) is 3.56. The van der Waals surface area contributed by atoms with Gasteiger partial charge in [0.15, 0.2) is 0 Å². The monoisotopic (exact) mass is 329 g/mol. The van der Waals surface area contributed by atoms with Gasteiger partial charge in [0.05, 0.1) is 10.6 Å². The molecule has 1 saturated heterocycles. The van der Waals surface area contributed by atoms with Crippen molar-refractivity contribution in [3.05, 3.63) is 57.9 Å². The first kappa shape index (κ1) is 15.8. The van der Waals surface area contributed by atoms with Crippen LogP contribution < -0.4 is 4.90 Å². The maximum Gasteiger partial charge on any atom is 0.269 e. The van der Waals surface area contributed by atoms with E-state index in [0.717, 1.165) is 35.1 Å². The number of rotatable bonds is 5. The van der Waals surface area contributed by atoms with Crippen LogP contribution >= 0.6 is 11.8 Å². The van der Waals surface area contributed by atoms with E-state index in [0.29, 0.717) is 0 Å². The molecule has 2 heterocycles. The molecule has 0 spiro atoms. The van der Waals surface area contributed by atoms with Crippen LogP contribution in [0.25, 0.3) is 0 Å². The second-order valence-corrected chi connectivity index (χ2v) is 6.74. The zero-order valence-electron chi connectivity index (χ0n) is 13.1. The summed E-state index contributed by atoms with van der Waals surface area (Å²) in [5.74, 6) is 0.764. The van der Waals surface area contributed by atoms with E-state index in [1.54, 1.807) is 36.0 Å². The number of hydrogen-bond acceptors (Lipinski definition) is 5. The van der Waals surface area contributed by atoms with Crippen LogP contribution in [0.2, 0.25) is 0 Å². The van der Waals surface area contributed by atoms with Gasteiger partial charge in [-0.3, -0.25) is 15.1 Å². The SMILES string of the molecule is Cc1cc(N2CCCC2)cc(CSc2ccc([N+](=O)[O-])cc2)n1. The van der Waals surface area contributed by atoms with Gasteiger partial charge < -0.3 is 4.90 Å². The summed E-state index contributed by atoms with van der Waals surface area (Å²) in [6.07, 6.45) is 2.52. The van der Waals surface area contributed by atoms with Gasteiger partial charge in [-0.05, 0) is 44.0 Å². The number of aryl methyl sites for hydroxylation is 1. The van der Waals surface area contributed by atoms with E-state index in [1.807, 2.05) is 6.92 Å². The minimum absolute atomic E-state index is 0.124. The van der Waals surface area contributed by atoms with Crippen LogP contribution in [0.3, 0.4) is 0 Å². The molecular formula is C17H19N3O2S. The van der Waals surface area contributed by atoms with Crippen molar-refractivity contribution in [2.24, 2.45) is 0 Å². The van der Waals surface area contributed by atoms with Crippen molar-refractivity contribution >= 4 is 23.1 Å².